The maximum absolute atomic E-state index is 13.0. The minimum Gasteiger partial charge on any atom is -0.392 e. The van der Waals surface area contributed by atoms with E-state index in [1.54, 1.807) is 19.1 Å². The van der Waals surface area contributed by atoms with Gasteiger partial charge in [-0.2, -0.15) is 13.2 Å². The molecule has 11 heteroatoms. The van der Waals surface area contributed by atoms with Crippen LogP contribution in [0.4, 0.5) is 30.5 Å². The highest BCUT2D eigenvalue weighted by Crippen LogP contribution is 2.32. The quantitative estimate of drug-likeness (QED) is 0.430. The number of hydrogen-bond acceptors (Lipinski definition) is 7. The number of hydrogen-bond donors (Lipinski definition) is 3. The monoisotopic (exact) mass is 515 g/mol. The summed E-state index contributed by atoms with van der Waals surface area (Å²) in [5.41, 5.74) is 1.74. The number of amides is 1. The number of morpholine rings is 1. The molecule has 0 saturated carbocycles. The SMILES string of the molecule is Cc1ccc(NC(=O)c2ccnc(C(F)(F)F)c2)cc1-c1cc(NCC(C)O)nc(N2CCOCC2)c1. The van der Waals surface area contributed by atoms with Crippen LogP contribution in [0.3, 0.4) is 0 Å². The summed E-state index contributed by atoms with van der Waals surface area (Å²) in [6.07, 6.45) is -4.25. The molecule has 1 amide bonds. The molecule has 1 aliphatic rings. The van der Waals surface area contributed by atoms with Gasteiger partial charge in [-0.1, -0.05) is 6.07 Å². The number of alkyl halides is 3. The fourth-order valence-corrected chi connectivity index (χ4v) is 3.91. The number of aliphatic hydroxyl groups excluding tert-OH is 1. The molecule has 1 aliphatic heterocycles. The zero-order valence-electron chi connectivity index (χ0n) is 20.5. The summed E-state index contributed by atoms with van der Waals surface area (Å²) in [6.45, 7) is 6.48. The van der Waals surface area contributed by atoms with Gasteiger partial charge in [0.15, 0.2) is 0 Å². The van der Waals surface area contributed by atoms with E-state index in [0.29, 0.717) is 44.4 Å². The van der Waals surface area contributed by atoms with Crippen LogP contribution in [0.1, 0.15) is 28.5 Å². The average molecular weight is 516 g/mol. The van der Waals surface area contributed by atoms with Crippen LogP contribution >= 0.6 is 0 Å². The van der Waals surface area contributed by atoms with Crippen molar-refractivity contribution in [1.82, 2.24) is 9.97 Å². The van der Waals surface area contributed by atoms with E-state index in [1.165, 1.54) is 6.07 Å². The first-order valence-corrected chi connectivity index (χ1v) is 11.8. The number of ether oxygens (including phenoxy) is 1. The first-order valence-electron chi connectivity index (χ1n) is 11.8. The molecule has 0 radical (unpaired) electrons. The van der Waals surface area contributed by atoms with Crippen LogP contribution < -0.4 is 15.5 Å². The van der Waals surface area contributed by atoms with E-state index in [2.05, 4.69) is 20.5 Å². The Balaban J connectivity index is 1.64. The molecule has 3 N–H and O–H groups in total. The lowest BCUT2D eigenvalue weighted by atomic mass is 10.00. The fraction of sp³-hybridized carbons (Fsp3) is 0.346. The Labute approximate surface area is 212 Å². The van der Waals surface area contributed by atoms with Crippen molar-refractivity contribution in [3.05, 3.63) is 65.5 Å². The summed E-state index contributed by atoms with van der Waals surface area (Å²) in [5, 5.41) is 15.5. The lowest BCUT2D eigenvalue weighted by Gasteiger charge is -2.28. The second-order valence-electron chi connectivity index (χ2n) is 8.84. The number of pyridine rings is 2. The van der Waals surface area contributed by atoms with E-state index in [9.17, 15) is 23.1 Å². The number of halogens is 3. The number of rotatable bonds is 7. The van der Waals surface area contributed by atoms with Crippen molar-refractivity contribution in [3.8, 4) is 11.1 Å². The van der Waals surface area contributed by atoms with Crippen molar-refractivity contribution in [2.45, 2.75) is 26.1 Å². The third kappa shape index (κ3) is 6.75. The maximum atomic E-state index is 13.0. The molecule has 8 nitrogen and oxygen atoms in total. The van der Waals surface area contributed by atoms with Crippen LogP contribution in [0.25, 0.3) is 11.1 Å². The van der Waals surface area contributed by atoms with E-state index < -0.39 is 23.9 Å². The number of nitrogens with zero attached hydrogens (tertiary/aromatic N) is 3. The Morgan fingerprint density at radius 3 is 2.62 bits per heavy atom. The van der Waals surface area contributed by atoms with Crippen molar-refractivity contribution in [3.63, 3.8) is 0 Å². The van der Waals surface area contributed by atoms with Gasteiger partial charge in [0.1, 0.15) is 17.3 Å². The third-order valence-corrected chi connectivity index (χ3v) is 5.84. The van der Waals surface area contributed by atoms with Crippen LogP contribution in [-0.4, -0.2) is 59.9 Å². The van der Waals surface area contributed by atoms with Gasteiger partial charge in [-0.15, -0.1) is 0 Å². The number of nitrogens with one attached hydrogen (secondary N) is 2. The van der Waals surface area contributed by atoms with Crippen LogP contribution in [0, 0.1) is 6.92 Å². The second-order valence-corrected chi connectivity index (χ2v) is 8.84. The number of carbonyl (C=O) groups excluding carboxylic acids is 1. The molecular weight excluding hydrogens is 487 g/mol. The maximum Gasteiger partial charge on any atom is 0.433 e. The largest absolute Gasteiger partial charge is 0.433 e. The lowest BCUT2D eigenvalue weighted by Crippen LogP contribution is -2.36. The van der Waals surface area contributed by atoms with E-state index in [0.717, 1.165) is 34.8 Å². The van der Waals surface area contributed by atoms with Crippen LogP contribution in [0.5, 0.6) is 0 Å². The molecule has 1 atom stereocenters. The van der Waals surface area contributed by atoms with E-state index >= 15 is 0 Å². The zero-order chi connectivity index (χ0) is 26.6. The van der Waals surface area contributed by atoms with Gasteiger partial charge < -0.3 is 25.4 Å². The summed E-state index contributed by atoms with van der Waals surface area (Å²) < 4.78 is 44.5. The Kier molecular flexibility index (Phi) is 7.94. The zero-order valence-corrected chi connectivity index (χ0v) is 20.5. The molecule has 0 aliphatic carbocycles. The molecule has 2 aromatic heterocycles. The van der Waals surface area contributed by atoms with Gasteiger partial charge in [-0.25, -0.2) is 4.98 Å². The van der Waals surface area contributed by atoms with Crippen molar-refractivity contribution >= 4 is 23.2 Å². The minimum absolute atomic E-state index is 0.146. The lowest BCUT2D eigenvalue weighted by molar-refractivity contribution is -0.141. The molecule has 1 unspecified atom stereocenters. The van der Waals surface area contributed by atoms with Gasteiger partial charge >= 0.3 is 6.18 Å². The molecule has 0 spiro atoms. The van der Waals surface area contributed by atoms with Gasteiger partial charge in [0.2, 0.25) is 0 Å². The van der Waals surface area contributed by atoms with E-state index in [1.807, 2.05) is 25.1 Å². The normalized spacial score (nSPS) is 14.8. The minimum atomic E-state index is -4.65. The van der Waals surface area contributed by atoms with Crippen molar-refractivity contribution in [2.24, 2.45) is 0 Å². The molecule has 0 bridgehead atoms. The summed E-state index contributed by atoms with van der Waals surface area (Å²) in [7, 11) is 0. The van der Waals surface area contributed by atoms with Crippen molar-refractivity contribution in [1.29, 1.82) is 0 Å². The number of aromatic nitrogens is 2. The molecule has 1 saturated heterocycles. The molecule has 4 rings (SSSR count). The van der Waals surface area contributed by atoms with Gasteiger partial charge in [0.25, 0.3) is 5.91 Å². The summed E-state index contributed by atoms with van der Waals surface area (Å²) in [4.78, 5) is 22.8. The van der Waals surface area contributed by atoms with E-state index in [-0.39, 0.29) is 5.56 Å². The highest BCUT2D eigenvalue weighted by molar-refractivity contribution is 6.04. The van der Waals surface area contributed by atoms with Crippen LogP contribution in [0.2, 0.25) is 0 Å². The van der Waals surface area contributed by atoms with Gasteiger partial charge in [0, 0.05) is 37.1 Å². The van der Waals surface area contributed by atoms with Gasteiger partial charge in [-0.05, 0) is 66.9 Å². The number of aliphatic hydroxyl groups is 1. The third-order valence-electron chi connectivity index (χ3n) is 5.84. The summed E-state index contributed by atoms with van der Waals surface area (Å²) >= 11 is 0. The Morgan fingerprint density at radius 1 is 1.16 bits per heavy atom. The predicted molar refractivity (Wildman–Crippen MR) is 135 cm³/mol. The number of aryl methyl sites for hydroxylation is 1. The number of carbonyl (C=O) groups is 1. The Hall–Kier alpha value is -3.70. The molecule has 37 heavy (non-hydrogen) atoms. The fourth-order valence-electron chi connectivity index (χ4n) is 3.91. The molecule has 1 fully saturated rings. The van der Waals surface area contributed by atoms with E-state index in [4.69, 9.17) is 9.72 Å². The van der Waals surface area contributed by atoms with Crippen molar-refractivity contribution < 1.29 is 27.8 Å². The molecular formula is C26H28F3N5O3. The topological polar surface area (TPSA) is 99.6 Å². The molecule has 3 aromatic rings. The van der Waals surface area contributed by atoms with Crippen LogP contribution in [-0.2, 0) is 10.9 Å². The Bertz CT molecular complexity index is 1260. The second kappa shape index (κ2) is 11.1. The van der Waals surface area contributed by atoms with Gasteiger partial charge in [-0.3, -0.25) is 9.78 Å². The molecule has 1 aromatic carbocycles. The van der Waals surface area contributed by atoms with Crippen LogP contribution in [0.15, 0.2) is 48.7 Å². The van der Waals surface area contributed by atoms with Gasteiger partial charge in [0.05, 0.1) is 19.3 Å². The highest BCUT2D eigenvalue weighted by atomic mass is 19.4. The first kappa shape index (κ1) is 26.4. The summed E-state index contributed by atoms with van der Waals surface area (Å²) in [5.74, 6) is 0.662. The number of benzene rings is 1. The number of anilines is 3. The smallest absolute Gasteiger partial charge is 0.392 e. The highest BCUT2D eigenvalue weighted by Gasteiger charge is 2.33. The first-order chi connectivity index (χ1) is 17.6. The molecule has 3 heterocycles. The average Bonchev–Trinajstić information content (AvgIpc) is 2.88. The summed E-state index contributed by atoms with van der Waals surface area (Å²) in [6, 6.07) is 11.1. The van der Waals surface area contributed by atoms with Crippen molar-refractivity contribution in [2.75, 3.05) is 48.4 Å². The standard InChI is InChI=1S/C26H28F3N5O3/c1-16-3-4-20(32-25(36)18-5-6-30-22(11-18)26(27,28)29)14-21(16)19-12-23(31-15-17(2)35)33-24(13-19)34-7-9-37-10-8-34/h3-6,11-14,17,35H,7-10,15H2,1-2H3,(H,31,33)(H,32,36). The predicted octanol–water partition coefficient (Wildman–Crippen LogP) is 4.35. The molecule has 196 valence electrons. The Morgan fingerprint density at radius 2 is 1.92 bits per heavy atom.